The fourth-order valence-electron chi connectivity index (χ4n) is 2.30. The van der Waals surface area contributed by atoms with Crippen LogP contribution in [0.15, 0.2) is 4.99 Å². The van der Waals surface area contributed by atoms with Gasteiger partial charge in [0.2, 0.25) is 0 Å². The topological polar surface area (TPSA) is 53.9 Å². The van der Waals surface area contributed by atoms with Crippen LogP contribution in [0.5, 0.6) is 0 Å². The Morgan fingerprint density at radius 1 is 1.43 bits per heavy atom. The number of thioether (sulfide) groups is 1. The van der Waals surface area contributed by atoms with Gasteiger partial charge in [-0.3, -0.25) is 9.79 Å². The molecule has 1 fully saturated rings. The van der Waals surface area contributed by atoms with Crippen LogP contribution in [0.1, 0.15) is 33.6 Å². The van der Waals surface area contributed by atoms with E-state index in [0.717, 1.165) is 45.0 Å². The van der Waals surface area contributed by atoms with Gasteiger partial charge < -0.3 is 15.0 Å². The molecular weight excluding hydrogens is 286 g/mol. The largest absolute Gasteiger partial charge is 0.466 e. The number of hydrogen-bond acceptors (Lipinski definition) is 4. The zero-order valence-electron chi connectivity index (χ0n) is 13.7. The Hall–Kier alpha value is -0.910. The van der Waals surface area contributed by atoms with Crippen LogP contribution in [0, 0.1) is 5.92 Å². The van der Waals surface area contributed by atoms with Gasteiger partial charge in [-0.15, -0.1) is 0 Å². The maximum atomic E-state index is 11.8. The summed E-state index contributed by atoms with van der Waals surface area (Å²) in [6.45, 7) is 10.0. The first-order valence-corrected chi connectivity index (χ1v) is 9.13. The fourth-order valence-corrected chi connectivity index (χ4v) is 2.53. The van der Waals surface area contributed by atoms with Gasteiger partial charge in [-0.2, -0.15) is 11.8 Å². The second-order valence-corrected chi connectivity index (χ2v) is 6.53. The summed E-state index contributed by atoms with van der Waals surface area (Å²) in [7, 11) is 0. The first-order chi connectivity index (χ1) is 10.1. The quantitative estimate of drug-likeness (QED) is 0.461. The third-order valence-electron chi connectivity index (χ3n) is 3.65. The SMILES string of the molecule is CCNC(=NCC(C)SC)N1CCC(C(=O)OCC)CC1. The highest BCUT2D eigenvalue weighted by Crippen LogP contribution is 2.19. The second-order valence-electron chi connectivity index (χ2n) is 5.25. The third-order valence-corrected chi connectivity index (χ3v) is 4.60. The number of carbonyl (C=O) groups excluding carboxylic acids is 1. The first kappa shape index (κ1) is 18.1. The lowest BCUT2D eigenvalue weighted by Gasteiger charge is -2.33. The molecule has 0 spiro atoms. The van der Waals surface area contributed by atoms with Crippen molar-refractivity contribution >= 4 is 23.7 Å². The molecule has 0 aliphatic carbocycles. The van der Waals surface area contributed by atoms with E-state index in [1.165, 1.54) is 0 Å². The van der Waals surface area contributed by atoms with Gasteiger partial charge in [0.25, 0.3) is 0 Å². The van der Waals surface area contributed by atoms with E-state index in [4.69, 9.17) is 9.73 Å². The predicted octanol–water partition coefficient (Wildman–Crippen LogP) is 1.98. The average Bonchev–Trinajstić information content (AvgIpc) is 2.51. The van der Waals surface area contributed by atoms with E-state index in [1.807, 2.05) is 18.7 Å². The number of aliphatic imine (C=N–C) groups is 1. The molecule has 122 valence electrons. The smallest absolute Gasteiger partial charge is 0.309 e. The van der Waals surface area contributed by atoms with Crippen LogP contribution in [0.4, 0.5) is 0 Å². The van der Waals surface area contributed by atoms with Gasteiger partial charge in [0.15, 0.2) is 5.96 Å². The first-order valence-electron chi connectivity index (χ1n) is 7.85. The Morgan fingerprint density at radius 3 is 2.62 bits per heavy atom. The van der Waals surface area contributed by atoms with Crippen molar-refractivity contribution in [3.05, 3.63) is 0 Å². The Balaban J connectivity index is 2.53. The molecule has 1 rings (SSSR count). The van der Waals surface area contributed by atoms with Crippen molar-refractivity contribution in [3.8, 4) is 0 Å². The van der Waals surface area contributed by atoms with Crippen LogP contribution in [0.3, 0.4) is 0 Å². The molecule has 21 heavy (non-hydrogen) atoms. The van der Waals surface area contributed by atoms with Gasteiger partial charge in [0.1, 0.15) is 0 Å². The molecule has 0 amide bonds. The van der Waals surface area contributed by atoms with E-state index in [9.17, 15) is 4.79 Å². The second kappa shape index (κ2) is 9.92. The summed E-state index contributed by atoms with van der Waals surface area (Å²) in [6, 6.07) is 0. The molecule has 1 N–H and O–H groups in total. The summed E-state index contributed by atoms with van der Waals surface area (Å²) in [5, 5.41) is 3.88. The molecule has 5 nitrogen and oxygen atoms in total. The zero-order valence-corrected chi connectivity index (χ0v) is 14.5. The standard InChI is InChI=1S/C15H29N3O2S/c1-5-16-15(17-11-12(3)21-4)18-9-7-13(8-10-18)14(19)20-6-2/h12-13H,5-11H2,1-4H3,(H,16,17). The number of piperidine rings is 1. The van der Waals surface area contributed by atoms with Gasteiger partial charge in [-0.25, -0.2) is 0 Å². The highest BCUT2D eigenvalue weighted by Gasteiger charge is 2.27. The maximum absolute atomic E-state index is 11.8. The van der Waals surface area contributed by atoms with Crippen LogP contribution in [-0.2, 0) is 9.53 Å². The number of guanidine groups is 1. The van der Waals surface area contributed by atoms with E-state index < -0.39 is 0 Å². The van der Waals surface area contributed by atoms with Crippen molar-refractivity contribution in [1.82, 2.24) is 10.2 Å². The molecule has 1 heterocycles. The molecule has 6 heteroatoms. The van der Waals surface area contributed by atoms with Crippen molar-refractivity contribution in [3.63, 3.8) is 0 Å². The number of carbonyl (C=O) groups is 1. The summed E-state index contributed by atoms with van der Waals surface area (Å²) >= 11 is 1.83. The Morgan fingerprint density at radius 2 is 2.10 bits per heavy atom. The summed E-state index contributed by atoms with van der Waals surface area (Å²) in [5.74, 6) is 0.977. The molecule has 1 atom stereocenters. The van der Waals surface area contributed by atoms with Gasteiger partial charge >= 0.3 is 5.97 Å². The third kappa shape index (κ3) is 6.16. The number of ether oxygens (including phenoxy) is 1. The van der Waals surface area contributed by atoms with Crippen molar-refractivity contribution in [2.75, 3.05) is 39.0 Å². The van der Waals surface area contributed by atoms with Crippen molar-refractivity contribution in [2.24, 2.45) is 10.9 Å². The maximum Gasteiger partial charge on any atom is 0.309 e. The summed E-state index contributed by atoms with van der Waals surface area (Å²) in [5.41, 5.74) is 0. The lowest BCUT2D eigenvalue weighted by molar-refractivity contribution is -0.149. The molecule has 0 radical (unpaired) electrons. The number of likely N-dealkylation sites (tertiary alicyclic amines) is 1. The number of nitrogens with zero attached hydrogens (tertiary/aromatic N) is 2. The fraction of sp³-hybridized carbons (Fsp3) is 0.867. The van der Waals surface area contributed by atoms with Gasteiger partial charge in [-0.05, 0) is 32.9 Å². The number of rotatable bonds is 6. The molecule has 0 saturated carbocycles. The summed E-state index contributed by atoms with van der Waals surface area (Å²) in [6.07, 6.45) is 3.81. The van der Waals surface area contributed by atoms with Crippen LogP contribution < -0.4 is 5.32 Å². The highest BCUT2D eigenvalue weighted by molar-refractivity contribution is 7.99. The molecule has 1 unspecified atom stereocenters. The van der Waals surface area contributed by atoms with E-state index in [1.54, 1.807) is 0 Å². The number of hydrogen-bond donors (Lipinski definition) is 1. The summed E-state index contributed by atoms with van der Waals surface area (Å²) < 4.78 is 5.11. The molecular formula is C15H29N3O2S. The van der Waals surface area contributed by atoms with Crippen molar-refractivity contribution in [2.45, 2.75) is 38.9 Å². The Kier molecular flexibility index (Phi) is 8.57. The number of nitrogens with one attached hydrogen (secondary N) is 1. The van der Waals surface area contributed by atoms with Crippen molar-refractivity contribution in [1.29, 1.82) is 0 Å². The van der Waals surface area contributed by atoms with Gasteiger partial charge in [-0.1, -0.05) is 6.92 Å². The van der Waals surface area contributed by atoms with Crippen molar-refractivity contribution < 1.29 is 9.53 Å². The van der Waals surface area contributed by atoms with E-state index in [0.29, 0.717) is 11.9 Å². The minimum absolute atomic E-state index is 0.0462. The van der Waals surface area contributed by atoms with Crippen LogP contribution in [0.2, 0.25) is 0 Å². The molecule has 0 aromatic carbocycles. The highest BCUT2D eigenvalue weighted by atomic mass is 32.2. The van der Waals surface area contributed by atoms with Crippen LogP contribution in [0.25, 0.3) is 0 Å². The molecule has 1 aliphatic heterocycles. The number of esters is 1. The lowest BCUT2D eigenvalue weighted by atomic mass is 9.97. The average molecular weight is 315 g/mol. The lowest BCUT2D eigenvalue weighted by Crippen LogP contribution is -2.47. The predicted molar refractivity (Wildman–Crippen MR) is 89.9 cm³/mol. The van der Waals surface area contributed by atoms with Gasteiger partial charge in [0, 0.05) is 24.9 Å². The van der Waals surface area contributed by atoms with E-state index >= 15 is 0 Å². The summed E-state index contributed by atoms with van der Waals surface area (Å²) in [4.78, 5) is 18.7. The van der Waals surface area contributed by atoms with E-state index in [2.05, 4.69) is 30.3 Å². The Labute approximate surface area is 132 Å². The zero-order chi connectivity index (χ0) is 15.7. The molecule has 0 aromatic rings. The molecule has 1 aliphatic rings. The van der Waals surface area contributed by atoms with Gasteiger partial charge in [0.05, 0.1) is 19.1 Å². The van der Waals surface area contributed by atoms with Crippen LogP contribution in [-0.4, -0.2) is 61.1 Å². The molecule has 1 saturated heterocycles. The monoisotopic (exact) mass is 315 g/mol. The Bertz CT molecular complexity index is 342. The minimum Gasteiger partial charge on any atom is -0.466 e. The minimum atomic E-state index is -0.0462. The van der Waals surface area contributed by atoms with E-state index in [-0.39, 0.29) is 11.9 Å². The molecule has 0 bridgehead atoms. The van der Waals surface area contributed by atoms with Crippen LogP contribution >= 0.6 is 11.8 Å². The normalized spacial score (nSPS) is 18.5. The molecule has 0 aromatic heterocycles.